The number of methoxy groups -OCH3 is 2. The van der Waals surface area contributed by atoms with Gasteiger partial charge in [-0.1, -0.05) is 24.3 Å². The van der Waals surface area contributed by atoms with Crippen LogP contribution in [0.1, 0.15) is 10.4 Å². The Hall–Kier alpha value is -2.66. The van der Waals surface area contributed by atoms with Crippen LogP contribution in [0, 0.1) is 0 Å². The molecule has 0 bridgehead atoms. The Morgan fingerprint density at radius 1 is 1.17 bits per heavy atom. The van der Waals surface area contributed by atoms with Crippen molar-refractivity contribution in [2.45, 2.75) is 0 Å². The van der Waals surface area contributed by atoms with Crippen LogP contribution in [0.15, 0.2) is 49.1 Å². The average Bonchev–Trinajstić information content (AvgIpc) is 2.61. The average molecular weight is 348 g/mol. The van der Waals surface area contributed by atoms with Crippen LogP contribution >= 0.6 is 11.6 Å². The van der Waals surface area contributed by atoms with E-state index in [9.17, 15) is 4.79 Å². The van der Waals surface area contributed by atoms with Crippen molar-refractivity contribution in [1.29, 1.82) is 0 Å². The lowest BCUT2D eigenvalue weighted by molar-refractivity contribution is 0.102. The van der Waals surface area contributed by atoms with Crippen molar-refractivity contribution in [3.63, 3.8) is 0 Å². The van der Waals surface area contributed by atoms with Crippen molar-refractivity contribution in [1.82, 2.24) is 0 Å². The number of rotatable bonds is 7. The molecule has 0 unspecified atom stereocenters. The fourth-order valence-electron chi connectivity index (χ4n) is 2.01. The molecule has 6 heteroatoms. The van der Waals surface area contributed by atoms with Crippen LogP contribution < -0.4 is 19.5 Å². The van der Waals surface area contributed by atoms with E-state index in [-0.39, 0.29) is 5.91 Å². The first-order valence-corrected chi connectivity index (χ1v) is 7.53. The summed E-state index contributed by atoms with van der Waals surface area (Å²) < 4.78 is 15.8. The van der Waals surface area contributed by atoms with Crippen molar-refractivity contribution < 1.29 is 19.0 Å². The second-order valence-corrected chi connectivity index (χ2v) is 5.17. The van der Waals surface area contributed by atoms with Gasteiger partial charge in [0, 0.05) is 17.7 Å². The second-order valence-electron chi connectivity index (χ2n) is 4.77. The summed E-state index contributed by atoms with van der Waals surface area (Å²) in [6.07, 6.45) is 1.65. The summed E-state index contributed by atoms with van der Waals surface area (Å²) in [6.45, 7) is 3.99. The quantitative estimate of drug-likeness (QED) is 0.763. The summed E-state index contributed by atoms with van der Waals surface area (Å²) in [5.74, 6) is 1.27. The van der Waals surface area contributed by atoms with E-state index in [1.54, 1.807) is 42.5 Å². The summed E-state index contributed by atoms with van der Waals surface area (Å²) in [5, 5.41) is 3.18. The van der Waals surface area contributed by atoms with Gasteiger partial charge in [-0.15, -0.1) is 0 Å². The first kappa shape index (κ1) is 17.7. The topological polar surface area (TPSA) is 56.8 Å². The number of ether oxygens (including phenoxy) is 3. The number of hydrogen-bond donors (Lipinski definition) is 1. The van der Waals surface area contributed by atoms with E-state index in [0.29, 0.717) is 40.1 Å². The normalized spacial score (nSPS) is 9.96. The smallest absolute Gasteiger partial charge is 0.255 e. The third-order valence-corrected chi connectivity index (χ3v) is 3.50. The molecule has 0 aliphatic carbocycles. The largest absolute Gasteiger partial charge is 0.495 e. The monoisotopic (exact) mass is 347 g/mol. The molecule has 0 atom stereocenters. The Bertz CT molecular complexity index is 729. The standard InChI is InChI=1S/C18H18ClNO4/c1-4-9-24-13-7-5-12(6-8-13)18(21)20-15-11-16(22-2)14(19)10-17(15)23-3/h4-8,10-11H,1,9H2,2-3H3,(H,20,21). The van der Waals surface area contributed by atoms with Gasteiger partial charge in [0.2, 0.25) is 0 Å². The number of carbonyl (C=O) groups is 1. The van der Waals surface area contributed by atoms with E-state index in [0.717, 1.165) is 0 Å². The molecule has 0 radical (unpaired) electrons. The molecule has 0 spiro atoms. The van der Waals surface area contributed by atoms with Gasteiger partial charge in [-0.05, 0) is 24.3 Å². The molecular formula is C18H18ClNO4. The van der Waals surface area contributed by atoms with Gasteiger partial charge in [0.1, 0.15) is 23.9 Å². The molecule has 0 heterocycles. The molecule has 0 saturated heterocycles. The molecule has 126 valence electrons. The van der Waals surface area contributed by atoms with Crippen molar-refractivity contribution in [2.24, 2.45) is 0 Å². The molecule has 1 N–H and O–H groups in total. The summed E-state index contributed by atoms with van der Waals surface area (Å²) in [5.41, 5.74) is 0.952. The van der Waals surface area contributed by atoms with Crippen LogP contribution in [0.2, 0.25) is 5.02 Å². The molecule has 24 heavy (non-hydrogen) atoms. The Kier molecular flexibility index (Phi) is 6.09. The molecule has 5 nitrogen and oxygen atoms in total. The Morgan fingerprint density at radius 3 is 2.42 bits per heavy atom. The first-order chi connectivity index (χ1) is 11.6. The van der Waals surface area contributed by atoms with Crippen LogP contribution in [0.5, 0.6) is 17.2 Å². The summed E-state index contributed by atoms with van der Waals surface area (Å²) in [4.78, 5) is 12.4. The minimum Gasteiger partial charge on any atom is -0.495 e. The van der Waals surface area contributed by atoms with Crippen molar-refractivity contribution in [3.05, 3.63) is 59.6 Å². The van der Waals surface area contributed by atoms with E-state index >= 15 is 0 Å². The minimum atomic E-state index is -0.284. The van der Waals surface area contributed by atoms with Crippen molar-refractivity contribution in [2.75, 3.05) is 26.1 Å². The van der Waals surface area contributed by atoms with Gasteiger partial charge >= 0.3 is 0 Å². The maximum absolute atomic E-state index is 12.4. The summed E-state index contributed by atoms with van der Waals surface area (Å²) in [7, 11) is 3.00. The maximum Gasteiger partial charge on any atom is 0.255 e. The molecule has 2 rings (SSSR count). The SMILES string of the molecule is C=CCOc1ccc(C(=O)Nc2cc(OC)c(Cl)cc2OC)cc1. The van der Waals surface area contributed by atoms with Gasteiger partial charge in [0.25, 0.3) is 5.91 Å². The van der Waals surface area contributed by atoms with Gasteiger partial charge in [0.05, 0.1) is 24.9 Å². The molecule has 2 aromatic rings. The molecule has 2 aromatic carbocycles. The predicted octanol–water partition coefficient (Wildman–Crippen LogP) is 4.17. The summed E-state index contributed by atoms with van der Waals surface area (Å²) in [6, 6.07) is 9.99. The molecular weight excluding hydrogens is 330 g/mol. The highest BCUT2D eigenvalue weighted by molar-refractivity contribution is 6.32. The zero-order valence-electron chi connectivity index (χ0n) is 13.5. The van der Waals surface area contributed by atoms with Gasteiger partial charge in [-0.25, -0.2) is 0 Å². The minimum absolute atomic E-state index is 0.284. The van der Waals surface area contributed by atoms with E-state index in [1.165, 1.54) is 14.2 Å². The molecule has 0 aliphatic rings. The Balaban J connectivity index is 2.18. The second kappa shape index (κ2) is 8.26. The lowest BCUT2D eigenvalue weighted by Gasteiger charge is -2.13. The number of carbonyl (C=O) groups excluding carboxylic acids is 1. The molecule has 0 fully saturated rings. The lowest BCUT2D eigenvalue weighted by Crippen LogP contribution is -2.12. The van der Waals surface area contributed by atoms with E-state index in [2.05, 4.69) is 11.9 Å². The fraction of sp³-hybridized carbons (Fsp3) is 0.167. The molecule has 0 aromatic heterocycles. The predicted molar refractivity (Wildman–Crippen MR) is 94.6 cm³/mol. The third kappa shape index (κ3) is 4.20. The summed E-state index contributed by atoms with van der Waals surface area (Å²) >= 11 is 6.05. The molecule has 0 saturated carbocycles. The van der Waals surface area contributed by atoms with Crippen LogP contribution in [-0.4, -0.2) is 26.7 Å². The molecule has 0 aliphatic heterocycles. The van der Waals surface area contributed by atoms with E-state index in [1.807, 2.05) is 0 Å². The van der Waals surface area contributed by atoms with Gasteiger partial charge in [-0.3, -0.25) is 4.79 Å². The van der Waals surface area contributed by atoms with Gasteiger partial charge in [-0.2, -0.15) is 0 Å². The third-order valence-electron chi connectivity index (χ3n) is 3.21. The van der Waals surface area contributed by atoms with Crippen LogP contribution in [-0.2, 0) is 0 Å². The van der Waals surface area contributed by atoms with Crippen molar-refractivity contribution >= 4 is 23.2 Å². The number of amides is 1. The fourth-order valence-corrected chi connectivity index (χ4v) is 2.24. The highest BCUT2D eigenvalue weighted by Crippen LogP contribution is 2.36. The van der Waals surface area contributed by atoms with Gasteiger partial charge in [0.15, 0.2) is 0 Å². The number of anilines is 1. The number of nitrogens with one attached hydrogen (secondary N) is 1. The Morgan fingerprint density at radius 2 is 1.83 bits per heavy atom. The van der Waals surface area contributed by atoms with E-state index < -0.39 is 0 Å². The van der Waals surface area contributed by atoms with Crippen LogP contribution in [0.3, 0.4) is 0 Å². The highest BCUT2D eigenvalue weighted by Gasteiger charge is 2.13. The highest BCUT2D eigenvalue weighted by atomic mass is 35.5. The zero-order valence-corrected chi connectivity index (χ0v) is 14.2. The van der Waals surface area contributed by atoms with E-state index in [4.69, 9.17) is 25.8 Å². The maximum atomic E-state index is 12.4. The van der Waals surface area contributed by atoms with Gasteiger partial charge < -0.3 is 19.5 Å². The Labute approximate surface area is 145 Å². The molecule has 1 amide bonds. The number of benzene rings is 2. The zero-order chi connectivity index (χ0) is 17.5. The van der Waals surface area contributed by atoms with Crippen LogP contribution in [0.4, 0.5) is 5.69 Å². The number of halogens is 1. The lowest BCUT2D eigenvalue weighted by atomic mass is 10.2. The van der Waals surface area contributed by atoms with Crippen LogP contribution in [0.25, 0.3) is 0 Å². The first-order valence-electron chi connectivity index (χ1n) is 7.15. The van der Waals surface area contributed by atoms with Crippen molar-refractivity contribution in [3.8, 4) is 17.2 Å². The number of hydrogen-bond acceptors (Lipinski definition) is 4.